The molecule has 8 heteroatoms. The van der Waals surface area contributed by atoms with Crippen LogP contribution in [-0.2, 0) is 0 Å². The number of halogens is 1. The van der Waals surface area contributed by atoms with E-state index < -0.39 is 5.82 Å². The number of rotatable bonds is 5. The Kier molecular flexibility index (Phi) is 4.59. The standard InChI is InChI=1S/C16H17FN4O2S/c1-10-9-12(23-19-10)15(22)21(8-7-20(2)3)16-18-14-11(17)5-4-6-13(14)24-16/h4-6,9H,7-8H2,1-3H3. The Labute approximate surface area is 142 Å². The highest BCUT2D eigenvalue weighted by molar-refractivity contribution is 7.22. The van der Waals surface area contributed by atoms with Gasteiger partial charge >= 0.3 is 0 Å². The Bertz CT molecular complexity index is 874. The van der Waals surface area contributed by atoms with Crippen LogP contribution < -0.4 is 4.90 Å². The van der Waals surface area contributed by atoms with Crippen molar-refractivity contribution in [2.45, 2.75) is 6.92 Å². The van der Waals surface area contributed by atoms with Gasteiger partial charge in [-0.2, -0.15) is 0 Å². The number of hydrogen-bond acceptors (Lipinski definition) is 6. The van der Waals surface area contributed by atoms with Crippen molar-refractivity contribution >= 4 is 32.6 Å². The summed E-state index contributed by atoms with van der Waals surface area (Å²) in [6, 6.07) is 6.36. The molecule has 0 unspecified atom stereocenters. The number of nitrogens with zero attached hydrogens (tertiary/aromatic N) is 4. The third-order valence-corrected chi connectivity index (χ3v) is 4.49. The summed E-state index contributed by atoms with van der Waals surface area (Å²) in [6.07, 6.45) is 0. The van der Waals surface area contributed by atoms with Gasteiger partial charge in [-0.05, 0) is 33.2 Å². The molecular formula is C16H17FN4O2S. The second-order valence-electron chi connectivity index (χ2n) is 5.68. The minimum atomic E-state index is -0.398. The molecule has 0 saturated heterocycles. The summed E-state index contributed by atoms with van der Waals surface area (Å²) in [5, 5.41) is 4.20. The van der Waals surface area contributed by atoms with Gasteiger partial charge in [-0.15, -0.1) is 0 Å². The van der Waals surface area contributed by atoms with Gasteiger partial charge in [0.1, 0.15) is 11.3 Å². The number of amides is 1. The van der Waals surface area contributed by atoms with Crippen LogP contribution in [0, 0.1) is 12.7 Å². The van der Waals surface area contributed by atoms with Crippen LogP contribution >= 0.6 is 11.3 Å². The lowest BCUT2D eigenvalue weighted by molar-refractivity contribution is 0.0949. The fraction of sp³-hybridized carbons (Fsp3) is 0.312. The largest absolute Gasteiger partial charge is 0.351 e. The molecule has 0 N–H and O–H groups in total. The number of thiazole rings is 1. The number of hydrogen-bond donors (Lipinski definition) is 0. The first kappa shape index (κ1) is 16.5. The van der Waals surface area contributed by atoms with E-state index in [0.717, 1.165) is 0 Å². The molecule has 0 atom stereocenters. The zero-order valence-electron chi connectivity index (χ0n) is 13.6. The molecule has 24 heavy (non-hydrogen) atoms. The highest BCUT2D eigenvalue weighted by atomic mass is 32.1. The molecule has 3 aromatic rings. The van der Waals surface area contributed by atoms with E-state index in [1.54, 1.807) is 25.1 Å². The fourth-order valence-corrected chi connectivity index (χ4v) is 3.20. The molecule has 0 aliphatic carbocycles. The predicted molar refractivity (Wildman–Crippen MR) is 91.0 cm³/mol. The van der Waals surface area contributed by atoms with E-state index in [1.165, 1.54) is 22.3 Å². The Morgan fingerprint density at radius 3 is 2.75 bits per heavy atom. The summed E-state index contributed by atoms with van der Waals surface area (Å²) in [5.41, 5.74) is 0.898. The number of aryl methyl sites for hydroxylation is 1. The monoisotopic (exact) mass is 348 g/mol. The van der Waals surface area contributed by atoms with Crippen molar-refractivity contribution in [2.75, 3.05) is 32.1 Å². The molecule has 0 aliphatic heterocycles. The maximum Gasteiger partial charge on any atom is 0.298 e. The molecule has 0 fully saturated rings. The van der Waals surface area contributed by atoms with E-state index in [2.05, 4.69) is 10.1 Å². The Morgan fingerprint density at radius 2 is 2.12 bits per heavy atom. The van der Waals surface area contributed by atoms with Gasteiger partial charge in [0.05, 0.1) is 10.4 Å². The molecule has 0 aliphatic rings. The quantitative estimate of drug-likeness (QED) is 0.709. The van der Waals surface area contributed by atoms with Crippen molar-refractivity contribution in [3.8, 4) is 0 Å². The number of anilines is 1. The summed E-state index contributed by atoms with van der Waals surface area (Å²) in [7, 11) is 3.83. The Balaban J connectivity index is 1.99. The van der Waals surface area contributed by atoms with Crippen LogP contribution in [0.3, 0.4) is 0 Å². The maximum atomic E-state index is 13.9. The van der Waals surface area contributed by atoms with Crippen LogP contribution in [-0.4, -0.2) is 48.1 Å². The second-order valence-corrected chi connectivity index (χ2v) is 6.68. The molecule has 6 nitrogen and oxygen atoms in total. The first-order valence-electron chi connectivity index (χ1n) is 7.40. The van der Waals surface area contributed by atoms with Gasteiger partial charge in [0.25, 0.3) is 5.91 Å². The van der Waals surface area contributed by atoms with Gasteiger partial charge in [0.2, 0.25) is 5.76 Å². The third kappa shape index (κ3) is 3.29. The summed E-state index contributed by atoms with van der Waals surface area (Å²) in [4.78, 5) is 20.6. The second kappa shape index (κ2) is 6.66. The van der Waals surface area contributed by atoms with E-state index in [0.29, 0.717) is 28.6 Å². The van der Waals surface area contributed by atoms with Gasteiger partial charge in [-0.1, -0.05) is 22.6 Å². The van der Waals surface area contributed by atoms with Gasteiger partial charge in [0, 0.05) is 19.2 Å². The van der Waals surface area contributed by atoms with Crippen molar-refractivity contribution in [3.63, 3.8) is 0 Å². The van der Waals surface area contributed by atoms with Crippen LogP contribution in [0.4, 0.5) is 9.52 Å². The minimum Gasteiger partial charge on any atom is -0.351 e. The van der Waals surface area contributed by atoms with Crippen molar-refractivity contribution in [1.29, 1.82) is 0 Å². The van der Waals surface area contributed by atoms with Crippen molar-refractivity contribution in [2.24, 2.45) is 0 Å². The van der Waals surface area contributed by atoms with Crippen LogP contribution in [0.2, 0.25) is 0 Å². The molecule has 2 heterocycles. The van der Waals surface area contributed by atoms with E-state index in [9.17, 15) is 9.18 Å². The van der Waals surface area contributed by atoms with Crippen molar-refractivity contribution in [3.05, 3.63) is 41.5 Å². The molecule has 2 aromatic heterocycles. The summed E-state index contributed by atoms with van der Waals surface area (Å²) < 4.78 is 19.7. The summed E-state index contributed by atoms with van der Waals surface area (Å²) in [5.74, 6) is -0.589. The van der Waals surface area contributed by atoms with E-state index in [-0.39, 0.29) is 17.2 Å². The number of para-hydroxylation sites is 1. The van der Waals surface area contributed by atoms with Crippen LogP contribution in [0.25, 0.3) is 10.2 Å². The maximum absolute atomic E-state index is 13.9. The molecular weight excluding hydrogens is 331 g/mol. The number of fused-ring (bicyclic) bond motifs is 1. The van der Waals surface area contributed by atoms with E-state index >= 15 is 0 Å². The van der Waals surface area contributed by atoms with E-state index in [1.807, 2.05) is 19.0 Å². The smallest absolute Gasteiger partial charge is 0.298 e. The average molecular weight is 348 g/mol. The lowest BCUT2D eigenvalue weighted by atomic mass is 10.3. The highest BCUT2D eigenvalue weighted by Crippen LogP contribution is 2.31. The Hall–Kier alpha value is -2.32. The number of likely N-dealkylation sites (N-methyl/N-ethyl adjacent to an activating group) is 1. The van der Waals surface area contributed by atoms with Crippen LogP contribution in [0.1, 0.15) is 16.2 Å². The molecule has 3 rings (SSSR count). The lowest BCUT2D eigenvalue weighted by Gasteiger charge is -2.20. The number of benzene rings is 1. The molecule has 0 radical (unpaired) electrons. The zero-order chi connectivity index (χ0) is 17.3. The summed E-state index contributed by atoms with van der Waals surface area (Å²) in [6.45, 7) is 2.79. The number of carbonyl (C=O) groups is 1. The SMILES string of the molecule is Cc1cc(C(=O)N(CCN(C)C)c2nc3c(F)cccc3s2)on1. The van der Waals surface area contributed by atoms with Gasteiger partial charge in [-0.25, -0.2) is 9.37 Å². The normalized spacial score (nSPS) is 11.4. The number of aromatic nitrogens is 2. The zero-order valence-corrected chi connectivity index (χ0v) is 14.4. The highest BCUT2D eigenvalue weighted by Gasteiger charge is 2.25. The Morgan fingerprint density at radius 1 is 1.33 bits per heavy atom. The fourth-order valence-electron chi connectivity index (χ4n) is 2.20. The van der Waals surface area contributed by atoms with Crippen LogP contribution in [0.15, 0.2) is 28.8 Å². The molecule has 1 aromatic carbocycles. The summed E-state index contributed by atoms with van der Waals surface area (Å²) >= 11 is 1.27. The topological polar surface area (TPSA) is 62.5 Å². The predicted octanol–water partition coefficient (Wildman–Crippen LogP) is 2.94. The van der Waals surface area contributed by atoms with Gasteiger partial charge < -0.3 is 9.42 Å². The first-order chi connectivity index (χ1) is 11.5. The number of carbonyl (C=O) groups excluding carboxylic acids is 1. The third-order valence-electron chi connectivity index (χ3n) is 3.44. The molecule has 0 saturated carbocycles. The van der Waals surface area contributed by atoms with Gasteiger partial charge in [0.15, 0.2) is 5.13 Å². The van der Waals surface area contributed by atoms with Crippen molar-refractivity contribution < 1.29 is 13.7 Å². The van der Waals surface area contributed by atoms with Crippen molar-refractivity contribution in [1.82, 2.24) is 15.0 Å². The molecule has 126 valence electrons. The first-order valence-corrected chi connectivity index (χ1v) is 8.22. The van der Waals surface area contributed by atoms with E-state index in [4.69, 9.17) is 4.52 Å². The average Bonchev–Trinajstić information content (AvgIpc) is 3.14. The lowest BCUT2D eigenvalue weighted by Crippen LogP contribution is -2.36. The minimum absolute atomic E-state index is 0.144. The van der Waals surface area contributed by atoms with Crippen LogP contribution in [0.5, 0.6) is 0 Å². The molecule has 0 spiro atoms. The molecule has 1 amide bonds. The van der Waals surface area contributed by atoms with Gasteiger partial charge in [-0.3, -0.25) is 9.69 Å². The molecule has 0 bridgehead atoms.